The van der Waals surface area contributed by atoms with Gasteiger partial charge < -0.3 is 4.90 Å². The zero-order valence-corrected chi connectivity index (χ0v) is 9.89. The first-order chi connectivity index (χ1) is 8.22. The Balaban J connectivity index is 2.41. The van der Waals surface area contributed by atoms with Gasteiger partial charge in [0.05, 0.1) is 17.8 Å². The van der Waals surface area contributed by atoms with Crippen molar-refractivity contribution in [1.29, 1.82) is 5.26 Å². The Morgan fingerprint density at radius 2 is 2.24 bits per heavy atom. The number of hydrogen-bond donors (Lipinski definition) is 0. The Morgan fingerprint density at radius 1 is 1.41 bits per heavy atom. The number of anilines is 2. The van der Waals surface area contributed by atoms with Crippen molar-refractivity contribution in [3.63, 3.8) is 0 Å². The van der Waals surface area contributed by atoms with Gasteiger partial charge in [-0.05, 0) is 18.2 Å². The standard InChI is InChI=1S/C12H9ClN4/c1-17(12-11(13)7-15-8-16-12)10-4-2-3-9(5-10)6-14/h2-5,7-8H,1H3. The van der Waals surface area contributed by atoms with E-state index in [0.29, 0.717) is 16.4 Å². The molecule has 0 fully saturated rings. The molecule has 0 aliphatic carbocycles. The fourth-order valence-electron chi connectivity index (χ4n) is 1.46. The second-order valence-electron chi connectivity index (χ2n) is 3.42. The quantitative estimate of drug-likeness (QED) is 0.815. The summed E-state index contributed by atoms with van der Waals surface area (Å²) < 4.78 is 0. The Labute approximate surface area is 104 Å². The van der Waals surface area contributed by atoms with Crippen LogP contribution in [0.4, 0.5) is 11.5 Å². The van der Waals surface area contributed by atoms with Crippen LogP contribution < -0.4 is 4.90 Å². The Morgan fingerprint density at radius 3 is 2.94 bits per heavy atom. The predicted octanol–water partition coefficient (Wildman–Crippen LogP) is 2.77. The van der Waals surface area contributed by atoms with Gasteiger partial charge in [-0.1, -0.05) is 17.7 Å². The number of hydrogen-bond acceptors (Lipinski definition) is 4. The van der Waals surface area contributed by atoms with Gasteiger partial charge in [-0.3, -0.25) is 0 Å². The molecule has 0 N–H and O–H groups in total. The minimum Gasteiger partial charge on any atom is -0.328 e. The largest absolute Gasteiger partial charge is 0.328 e. The van der Waals surface area contributed by atoms with Crippen molar-refractivity contribution in [2.45, 2.75) is 0 Å². The van der Waals surface area contributed by atoms with Crippen molar-refractivity contribution >= 4 is 23.1 Å². The van der Waals surface area contributed by atoms with Crippen molar-refractivity contribution in [1.82, 2.24) is 9.97 Å². The predicted molar refractivity (Wildman–Crippen MR) is 66.3 cm³/mol. The van der Waals surface area contributed by atoms with Gasteiger partial charge in [-0.2, -0.15) is 5.26 Å². The number of benzene rings is 1. The minimum atomic E-state index is 0.470. The van der Waals surface area contributed by atoms with Crippen LogP contribution in [0.5, 0.6) is 0 Å². The normalized spacial score (nSPS) is 9.71. The molecular formula is C12H9ClN4. The van der Waals surface area contributed by atoms with Crippen molar-refractivity contribution < 1.29 is 0 Å². The van der Waals surface area contributed by atoms with Crippen molar-refractivity contribution in [2.24, 2.45) is 0 Å². The number of aromatic nitrogens is 2. The van der Waals surface area contributed by atoms with E-state index in [1.54, 1.807) is 12.1 Å². The number of rotatable bonds is 2. The first-order valence-electron chi connectivity index (χ1n) is 4.92. The number of halogens is 1. The lowest BCUT2D eigenvalue weighted by Crippen LogP contribution is -2.11. The minimum absolute atomic E-state index is 0.470. The molecule has 2 rings (SSSR count). The maximum Gasteiger partial charge on any atom is 0.154 e. The van der Waals surface area contributed by atoms with Crippen LogP contribution in [-0.4, -0.2) is 17.0 Å². The van der Waals surface area contributed by atoms with Crippen LogP contribution >= 0.6 is 11.6 Å². The van der Waals surface area contributed by atoms with E-state index in [1.807, 2.05) is 24.1 Å². The lowest BCUT2D eigenvalue weighted by Gasteiger charge is -2.18. The van der Waals surface area contributed by atoms with Crippen LogP contribution in [0.2, 0.25) is 5.02 Å². The zero-order chi connectivity index (χ0) is 12.3. The molecule has 0 radical (unpaired) electrons. The fraction of sp³-hybridized carbons (Fsp3) is 0.0833. The lowest BCUT2D eigenvalue weighted by molar-refractivity contribution is 1.08. The second-order valence-corrected chi connectivity index (χ2v) is 3.82. The third-order valence-electron chi connectivity index (χ3n) is 2.33. The van der Waals surface area contributed by atoms with E-state index in [-0.39, 0.29) is 0 Å². The first kappa shape index (κ1) is 11.4. The third kappa shape index (κ3) is 2.35. The molecule has 17 heavy (non-hydrogen) atoms. The average Bonchev–Trinajstić information content (AvgIpc) is 2.38. The van der Waals surface area contributed by atoms with Crippen molar-refractivity contribution in [3.05, 3.63) is 47.4 Å². The first-order valence-corrected chi connectivity index (χ1v) is 5.29. The molecule has 0 unspecified atom stereocenters. The van der Waals surface area contributed by atoms with Gasteiger partial charge in [0.2, 0.25) is 0 Å². The highest BCUT2D eigenvalue weighted by molar-refractivity contribution is 6.32. The van der Waals surface area contributed by atoms with Crippen molar-refractivity contribution in [2.75, 3.05) is 11.9 Å². The number of nitrogens with zero attached hydrogens (tertiary/aromatic N) is 4. The zero-order valence-electron chi connectivity index (χ0n) is 9.13. The number of nitriles is 1. The van der Waals surface area contributed by atoms with Gasteiger partial charge in [-0.15, -0.1) is 0 Å². The molecule has 0 saturated carbocycles. The average molecular weight is 245 g/mol. The molecule has 0 bridgehead atoms. The molecule has 0 spiro atoms. The van der Waals surface area contributed by atoms with Gasteiger partial charge >= 0.3 is 0 Å². The van der Waals surface area contributed by atoms with Crippen LogP contribution in [0.1, 0.15) is 5.56 Å². The Bertz CT molecular complexity index is 577. The molecular weight excluding hydrogens is 236 g/mol. The second kappa shape index (κ2) is 4.81. The molecule has 2 aromatic rings. The molecule has 84 valence electrons. The van der Waals surface area contributed by atoms with E-state index >= 15 is 0 Å². The molecule has 0 aliphatic rings. The Kier molecular flexibility index (Phi) is 3.22. The van der Waals surface area contributed by atoms with Crippen molar-refractivity contribution in [3.8, 4) is 6.07 Å². The van der Waals surface area contributed by atoms with Gasteiger partial charge in [0.1, 0.15) is 11.3 Å². The van der Waals surface area contributed by atoms with E-state index in [1.165, 1.54) is 12.5 Å². The third-order valence-corrected chi connectivity index (χ3v) is 2.60. The monoisotopic (exact) mass is 244 g/mol. The topological polar surface area (TPSA) is 52.8 Å². The molecule has 0 aliphatic heterocycles. The summed E-state index contributed by atoms with van der Waals surface area (Å²) in [6, 6.07) is 9.33. The molecule has 5 heteroatoms. The van der Waals surface area contributed by atoms with E-state index in [4.69, 9.17) is 16.9 Å². The molecule has 1 heterocycles. The van der Waals surface area contributed by atoms with Crippen LogP contribution in [0.25, 0.3) is 0 Å². The van der Waals surface area contributed by atoms with Gasteiger partial charge in [0.15, 0.2) is 5.82 Å². The Hall–Kier alpha value is -2.12. The summed E-state index contributed by atoms with van der Waals surface area (Å²) >= 11 is 6.01. The van der Waals surface area contributed by atoms with Crippen LogP contribution in [0.15, 0.2) is 36.8 Å². The van der Waals surface area contributed by atoms with Crippen LogP contribution in [-0.2, 0) is 0 Å². The highest BCUT2D eigenvalue weighted by atomic mass is 35.5. The SMILES string of the molecule is CN(c1cccc(C#N)c1)c1ncncc1Cl. The summed E-state index contributed by atoms with van der Waals surface area (Å²) in [5.74, 6) is 0.608. The van der Waals surface area contributed by atoms with E-state index in [0.717, 1.165) is 5.69 Å². The molecule has 0 atom stereocenters. The summed E-state index contributed by atoms with van der Waals surface area (Å²) in [5.41, 5.74) is 1.45. The molecule has 1 aromatic heterocycles. The highest BCUT2D eigenvalue weighted by Gasteiger charge is 2.09. The molecule has 1 aromatic carbocycles. The van der Waals surface area contributed by atoms with E-state index in [2.05, 4.69) is 16.0 Å². The van der Waals surface area contributed by atoms with Gasteiger partial charge in [0, 0.05) is 12.7 Å². The molecule has 0 amide bonds. The highest BCUT2D eigenvalue weighted by Crippen LogP contribution is 2.27. The van der Waals surface area contributed by atoms with Crippen LogP contribution in [0, 0.1) is 11.3 Å². The summed E-state index contributed by atoms with van der Waals surface area (Å²) in [4.78, 5) is 9.75. The van der Waals surface area contributed by atoms with Gasteiger partial charge in [0.25, 0.3) is 0 Å². The fourth-order valence-corrected chi connectivity index (χ4v) is 1.69. The van der Waals surface area contributed by atoms with E-state index in [9.17, 15) is 0 Å². The summed E-state index contributed by atoms with van der Waals surface area (Å²) in [5, 5.41) is 9.32. The van der Waals surface area contributed by atoms with Crippen LogP contribution in [0.3, 0.4) is 0 Å². The smallest absolute Gasteiger partial charge is 0.154 e. The lowest BCUT2D eigenvalue weighted by atomic mass is 10.2. The molecule has 0 saturated heterocycles. The summed E-state index contributed by atoms with van der Waals surface area (Å²) in [6.07, 6.45) is 2.97. The summed E-state index contributed by atoms with van der Waals surface area (Å²) in [7, 11) is 1.84. The van der Waals surface area contributed by atoms with Gasteiger partial charge in [-0.25, -0.2) is 9.97 Å². The summed E-state index contributed by atoms with van der Waals surface area (Å²) in [6.45, 7) is 0. The maximum absolute atomic E-state index is 8.85. The maximum atomic E-state index is 8.85. The molecule has 4 nitrogen and oxygen atoms in total. The van der Waals surface area contributed by atoms with E-state index < -0.39 is 0 Å².